The van der Waals surface area contributed by atoms with Crippen molar-refractivity contribution in [3.63, 3.8) is 0 Å². The van der Waals surface area contributed by atoms with Gasteiger partial charge in [-0.2, -0.15) is 0 Å². The van der Waals surface area contributed by atoms with Gasteiger partial charge in [-0.25, -0.2) is 4.68 Å². The van der Waals surface area contributed by atoms with Gasteiger partial charge in [0.25, 0.3) is 5.91 Å². The lowest BCUT2D eigenvalue weighted by molar-refractivity contribution is 0.0989. The molecule has 3 N–H and O–H groups in total. The third-order valence-corrected chi connectivity index (χ3v) is 4.68. The number of aliphatic hydroxyl groups excluding tert-OH is 1. The maximum absolute atomic E-state index is 11.8. The molecular formula is C17H17N5O3. The van der Waals surface area contributed by atoms with Crippen molar-refractivity contribution in [1.82, 2.24) is 20.2 Å². The van der Waals surface area contributed by atoms with Crippen LogP contribution < -0.4 is 5.73 Å². The van der Waals surface area contributed by atoms with Crippen molar-refractivity contribution in [2.75, 3.05) is 0 Å². The molecule has 1 saturated carbocycles. The first-order chi connectivity index (χ1) is 12.2. The average molecular weight is 339 g/mol. The highest BCUT2D eigenvalue weighted by Crippen LogP contribution is 2.48. The quantitative estimate of drug-likeness (QED) is 0.729. The van der Waals surface area contributed by atoms with Gasteiger partial charge in [-0.15, -0.1) is 5.10 Å². The molecule has 0 saturated heterocycles. The molecule has 0 bridgehead atoms. The minimum atomic E-state index is -0.596. The molecule has 1 aliphatic rings. The Hall–Kier alpha value is -3.00. The van der Waals surface area contributed by atoms with E-state index in [0.29, 0.717) is 11.5 Å². The molecule has 0 unspecified atom stereocenters. The van der Waals surface area contributed by atoms with Gasteiger partial charge in [-0.05, 0) is 18.8 Å². The van der Waals surface area contributed by atoms with Crippen molar-refractivity contribution in [3.05, 3.63) is 53.5 Å². The topological polar surface area (TPSA) is 120 Å². The van der Waals surface area contributed by atoms with Crippen LogP contribution in [0.15, 0.2) is 41.1 Å². The number of rotatable bonds is 5. The molecule has 3 aromatic rings. The van der Waals surface area contributed by atoms with Crippen molar-refractivity contribution in [2.24, 2.45) is 5.73 Å². The van der Waals surface area contributed by atoms with Crippen molar-refractivity contribution in [3.8, 4) is 11.3 Å². The molecule has 25 heavy (non-hydrogen) atoms. The third-order valence-electron chi connectivity index (χ3n) is 4.68. The van der Waals surface area contributed by atoms with E-state index in [1.807, 2.05) is 30.3 Å². The van der Waals surface area contributed by atoms with Crippen LogP contribution in [0.4, 0.5) is 0 Å². The zero-order chi connectivity index (χ0) is 17.4. The first kappa shape index (κ1) is 15.5. The Bertz CT molecular complexity index is 896. The molecule has 1 fully saturated rings. The first-order valence-electron chi connectivity index (χ1n) is 8.03. The highest BCUT2D eigenvalue weighted by molar-refractivity contribution is 5.94. The number of carbonyl (C=O) groups is 1. The van der Waals surface area contributed by atoms with Crippen molar-refractivity contribution < 1.29 is 14.4 Å². The number of primary amides is 1. The second kappa shape index (κ2) is 6.14. The predicted molar refractivity (Wildman–Crippen MR) is 87.4 cm³/mol. The summed E-state index contributed by atoms with van der Waals surface area (Å²) in [4.78, 5) is 11.8. The highest BCUT2D eigenvalue weighted by Gasteiger charge is 2.39. The molecule has 0 radical (unpaired) electrons. The molecule has 0 atom stereocenters. The van der Waals surface area contributed by atoms with Crippen molar-refractivity contribution in [2.45, 2.75) is 31.4 Å². The summed E-state index contributed by atoms with van der Waals surface area (Å²) in [6.07, 6.45) is 3.05. The first-order valence-corrected chi connectivity index (χ1v) is 8.03. The van der Waals surface area contributed by atoms with E-state index in [9.17, 15) is 9.90 Å². The van der Waals surface area contributed by atoms with Crippen LogP contribution in [0.3, 0.4) is 0 Å². The Labute approximate surface area is 143 Å². The van der Waals surface area contributed by atoms with E-state index >= 15 is 0 Å². The van der Waals surface area contributed by atoms with Gasteiger partial charge in [0.05, 0.1) is 24.5 Å². The molecule has 1 aromatic carbocycles. The highest BCUT2D eigenvalue weighted by atomic mass is 16.5. The van der Waals surface area contributed by atoms with Crippen molar-refractivity contribution in [1.29, 1.82) is 0 Å². The number of nitrogens with two attached hydrogens (primary N) is 1. The van der Waals surface area contributed by atoms with Gasteiger partial charge in [-0.1, -0.05) is 40.7 Å². The van der Waals surface area contributed by atoms with Crippen LogP contribution in [-0.4, -0.2) is 31.2 Å². The van der Waals surface area contributed by atoms with E-state index in [2.05, 4.69) is 15.5 Å². The van der Waals surface area contributed by atoms with E-state index < -0.39 is 5.91 Å². The maximum atomic E-state index is 11.8. The standard InChI is InChI=1S/C17H17N5O3/c18-17(24)15-14(16(25-20-15)10-4-2-1-3-5-10)11-6-12(7-11)22-13(9-23)8-19-21-22/h1-5,8,11-12,23H,6-7,9H2,(H2,18,24). The van der Waals surface area contributed by atoms with E-state index in [1.54, 1.807) is 10.9 Å². The number of hydrogen-bond acceptors (Lipinski definition) is 6. The summed E-state index contributed by atoms with van der Waals surface area (Å²) in [7, 11) is 0. The summed E-state index contributed by atoms with van der Waals surface area (Å²) < 4.78 is 7.18. The van der Waals surface area contributed by atoms with E-state index in [1.165, 1.54) is 0 Å². The van der Waals surface area contributed by atoms with Crippen LogP contribution in [0.5, 0.6) is 0 Å². The largest absolute Gasteiger partial charge is 0.390 e. The summed E-state index contributed by atoms with van der Waals surface area (Å²) >= 11 is 0. The van der Waals surface area contributed by atoms with E-state index in [0.717, 1.165) is 24.0 Å². The van der Waals surface area contributed by atoms with Gasteiger partial charge < -0.3 is 15.4 Å². The molecule has 0 spiro atoms. The summed E-state index contributed by atoms with van der Waals surface area (Å²) in [6.45, 7) is -0.108. The molecular weight excluding hydrogens is 322 g/mol. The summed E-state index contributed by atoms with van der Waals surface area (Å²) in [5.41, 5.74) is 7.94. The Balaban J connectivity index is 1.65. The minimum absolute atomic E-state index is 0.0877. The van der Waals surface area contributed by atoms with E-state index in [4.69, 9.17) is 10.3 Å². The van der Waals surface area contributed by atoms with Gasteiger partial charge in [0, 0.05) is 11.1 Å². The fraction of sp³-hybridized carbons (Fsp3) is 0.294. The lowest BCUT2D eigenvalue weighted by Gasteiger charge is -2.35. The normalized spacial score (nSPS) is 19.6. The molecule has 8 heteroatoms. The number of aromatic nitrogens is 4. The summed E-state index contributed by atoms with van der Waals surface area (Å²) in [5.74, 6) is 0.0738. The molecule has 2 heterocycles. The lowest BCUT2D eigenvalue weighted by atomic mass is 9.74. The summed E-state index contributed by atoms with van der Waals surface area (Å²) in [6, 6.07) is 9.65. The molecule has 4 rings (SSSR count). The Morgan fingerprint density at radius 1 is 1.32 bits per heavy atom. The Kier molecular flexibility index (Phi) is 3.81. The maximum Gasteiger partial charge on any atom is 0.271 e. The number of hydrogen-bond donors (Lipinski definition) is 2. The van der Waals surface area contributed by atoms with Crippen LogP contribution in [0.25, 0.3) is 11.3 Å². The molecule has 1 amide bonds. The number of aliphatic hydroxyl groups is 1. The minimum Gasteiger partial charge on any atom is -0.390 e. The van der Waals surface area contributed by atoms with Crippen LogP contribution >= 0.6 is 0 Å². The van der Waals surface area contributed by atoms with Crippen LogP contribution in [0.1, 0.15) is 46.5 Å². The zero-order valence-electron chi connectivity index (χ0n) is 13.4. The predicted octanol–water partition coefficient (Wildman–Crippen LogP) is 1.64. The number of carbonyl (C=O) groups excluding carboxylic acids is 1. The van der Waals surface area contributed by atoms with Crippen LogP contribution in [-0.2, 0) is 6.61 Å². The number of nitrogens with zero attached hydrogens (tertiary/aromatic N) is 4. The fourth-order valence-corrected chi connectivity index (χ4v) is 3.36. The van der Waals surface area contributed by atoms with Crippen molar-refractivity contribution >= 4 is 5.91 Å². The molecule has 8 nitrogen and oxygen atoms in total. The second-order valence-electron chi connectivity index (χ2n) is 6.15. The lowest BCUT2D eigenvalue weighted by Crippen LogP contribution is -2.29. The smallest absolute Gasteiger partial charge is 0.271 e. The Morgan fingerprint density at radius 2 is 2.08 bits per heavy atom. The second-order valence-corrected chi connectivity index (χ2v) is 6.15. The van der Waals surface area contributed by atoms with Gasteiger partial charge in [0.2, 0.25) is 0 Å². The number of amides is 1. The van der Waals surface area contributed by atoms with Gasteiger partial charge in [-0.3, -0.25) is 4.79 Å². The SMILES string of the molecule is NC(=O)c1noc(-c2ccccc2)c1C1CC(n2nncc2CO)C1. The van der Waals surface area contributed by atoms with Gasteiger partial charge >= 0.3 is 0 Å². The molecule has 0 aliphatic heterocycles. The fourth-order valence-electron chi connectivity index (χ4n) is 3.36. The number of benzene rings is 1. The Morgan fingerprint density at radius 3 is 2.76 bits per heavy atom. The monoisotopic (exact) mass is 339 g/mol. The zero-order valence-corrected chi connectivity index (χ0v) is 13.4. The van der Waals surface area contributed by atoms with Crippen LogP contribution in [0.2, 0.25) is 0 Å². The summed E-state index contributed by atoms with van der Waals surface area (Å²) in [5, 5.41) is 21.1. The van der Waals surface area contributed by atoms with Gasteiger partial charge in [0.15, 0.2) is 11.5 Å². The molecule has 2 aromatic heterocycles. The molecule has 128 valence electrons. The third kappa shape index (κ3) is 2.60. The van der Waals surface area contributed by atoms with Gasteiger partial charge in [0.1, 0.15) is 0 Å². The molecule has 1 aliphatic carbocycles. The average Bonchev–Trinajstić information content (AvgIpc) is 3.21. The van der Waals surface area contributed by atoms with Crippen LogP contribution in [0, 0.1) is 0 Å². The van der Waals surface area contributed by atoms with E-state index in [-0.39, 0.29) is 24.3 Å².